The maximum atomic E-state index is 12.0. The third-order valence-electron chi connectivity index (χ3n) is 2.69. The summed E-state index contributed by atoms with van der Waals surface area (Å²) in [5.74, 6) is -0.269. The van der Waals surface area contributed by atoms with Gasteiger partial charge in [-0.15, -0.1) is 0 Å². The Labute approximate surface area is 103 Å². The average molecular weight is 239 g/mol. The summed E-state index contributed by atoms with van der Waals surface area (Å²) in [7, 11) is 0. The highest BCUT2D eigenvalue weighted by molar-refractivity contribution is 6.21. The predicted molar refractivity (Wildman–Crippen MR) is 64.8 cm³/mol. The fourth-order valence-electron chi connectivity index (χ4n) is 1.83. The van der Waals surface area contributed by atoms with Crippen LogP contribution in [-0.4, -0.2) is 21.8 Å². The van der Waals surface area contributed by atoms with E-state index in [0.717, 1.165) is 5.01 Å². The van der Waals surface area contributed by atoms with Gasteiger partial charge in [0.1, 0.15) is 5.82 Å². The number of fused-ring (bicyclic) bond motifs is 1. The zero-order chi connectivity index (χ0) is 12.5. The van der Waals surface area contributed by atoms with Gasteiger partial charge in [0, 0.05) is 6.20 Å². The number of hydrogen-bond donors (Lipinski definition) is 1. The smallest absolute Gasteiger partial charge is 0.271 e. The largest absolute Gasteiger partial charge is 0.280 e. The van der Waals surface area contributed by atoms with E-state index in [0.29, 0.717) is 16.9 Å². The minimum Gasteiger partial charge on any atom is -0.271 e. The number of carbonyl (C=O) groups is 2. The highest BCUT2D eigenvalue weighted by Gasteiger charge is 2.35. The molecule has 1 N–H and O–H groups in total. The summed E-state index contributed by atoms with van der Waals surface area (Å²) >= 11 is 0. The Morgan fingerprint density at radius 2 is 1.50 bits per heavy atom. The van der Waals surface area contributed by atoms with Crippen LogP contribution >= 0.6 is 0 Å². The van der Waals surface area contributed by atoms with Crippen molar-refractivity contribution in [1.82, 2.24) is 9.99 Å². The van der Waals surface area contributed by atoms with Crippen molar-refractivity contribution in [1.29, 1.82) is 0 Å². The van der Waals surface area contributed by atoms with Crippen LogP contribution in [0.1, 0.15) is 20.7 Å². The number of anilines is 1. The van der Waals surface area contributed by atoms with Crippen LogP contribution in [-0.2, 0) is 0 Å². The molecule has 0 fully saturated rings. The molecule has 3 rings (SSSR count). The Hall–Kier alpha value is -2.69. The highest BCUT2D eigenvalue weighted by Crippen LogP contribution is 2.22. The lowest BCUT2D eigenvalue weighted by molar-refractivity contribution is 0.0690. The number of hydrazine groups is 1. The molecule has 1 aromatic carbocycles. The molecule has 0 aliphatic carbocycles. The molecule has 0 bridgehead atoms. The number of nitrogens with zero attached hydrogens (tertiary/aromatic N) is 2. The van der Waals surface area contributed by atoms with Gasteiger partial charge < -0.3 is 0 Å². The maximum absolute atomic E-state index is 12.0. The van der Waals surface area contributed by atoms with E-state index in [9.17, 15) is 9.59 Å². The van der Waals surface area contributed by atoms with Crippen LogP contribution < -0.4 is 5.43 Å². The highest BCUT2D eigenvalue weighted by atomic mass is 16.2. The van der Waals surface area contributed by atoms with Crippen LogP contribution in [0, 0.1) is 0 Å². The third kappa shape index (κ3) is 1.53. The van der Waals surface area contributed by atoms with Gasteiger partial charge in [0.25, 0.3) is 11.8 Å². The quantitative estimate of drug-likeness (QED) is 0.810. The molecule has 1 aliphatic rings. The number of aromatic nitrogens is 1. The summed E-state index contributed by atoms with van der Waals surface area (Å²) in [4.78, 5) is 28.1. The standard InChI is InChI=1S/C13H9N3O2/c17-12-9-5-1-2-6-10(9)13(18)16(12)15-11-7-3-4-8-14-11/h1-8H,(H,14,15). The van der Waals surface area contributed by atoms with E-state index < -0.39 is 0 Å². The zero-order valence-electron chi connectivity index (χ0n) is 9.33. The van der Waals surface area contributed by atoms with E-state index in [2.05, 4.69) is 10.4 Å². The van der Waals surface area contributed by atoms with Gasteiger partial charge in [0.05, 0.1) is 11.1 Å². The fraction of sp³-hybridized carbons (Fsp3) is 0. The molecule has 2 amide bonds. The summed E-state index contributed by atoms with van der Waals surface area (Å²) in [6.45, 7) is 0. The molecule has 0 saturated heterocycles. The minimum atomic E-state index is -0.360. The second-order valence-corrected chi connectivity index (χ2v) is 3.82. The fourth-order valence-corrected chi connectivity index (χ4v) is 1.83. The number of benzene rings is 1. The molecule has 0 atom stereocenters. The van der Waals surface area contributed by atoms with Gasteiger partial charge in [0.15, 0.2) is 0 Å². The van der Waals surface area contributed by atoms with Crippen LogP contribution in [0.25, 0.3) is 0 Å². The van der Waals surface area contributed by atoms with Crippen molar-refractivity contribution in [2.75, 3.05) is 5.43 Å². The molecule has 88 valence electrons. The number of pyridine rings is 1. The van der Waals surface area contributed by atoms with Crippen molar-refractivity contribution in [2.45, 2.75) is 0 Å². The Bertz CT molecular complexity index is 590. The summed E-state index contributed by atoms with van der Waals surface area (Å²) < 4.78 is 0. The molecule has 1 aliphatic heterocycles. The lowest BCUT2D eigenvalue weighted by Crippen LogP contribution is -2.35. The van der Waals surface area contributed by atoms with Crippen LogP contribution in [0.5, 0.6) is 0 Å². The van der Waals surface area contributed by atoms with Crippen molar-refractivity contribution in [3.63, 3.8) is 0 Å². The average Bonchev–Trinajstić information content (AvgIpc) is 2.66. The van der Waals surface area contributed by atoms with Crippen molar-refractivity contribution < 1.29 is 9.59 Å². The van der Waals surface area contributed by atoms with Crippen LogP contribution in [0.2, 0.25) is 0 Å². The zero-order valence-corrected chi connectivity index (χ0v) is 9.33. The normalized spacial score (nSPS) is 13.7. The SMILES string of the molecule is O=C1c2ccccc2C(=O)N1Nc1ccccn1. The summed E-state index contributed by atoms with van der Waals surface area (Å²) in [6, 6.07) is 11.9. The predicted octanol–water partition coefficient (Wildman–Crippen LogP) is 1.70. The minimum absolute atomic E-state index is 0.360. The number of amides is 2. The number of carbonyl (C=O) groups excluding carboxylic acids is 2. The molecular weight excluding hydrogens is 230 g/mol. The van der Waals surface area contributed by atoms with Crippen molar-refractivity contribution in [3.05, 3.63) is 59.8 Å². The number of rotatable bonds is 2. The van der Waals surface area contributed by atoms with E-state index in [4.69, 9.17) is 0 Å². The van der Waals surface area contributed by atoms with E-state index in [1.54, 1.807) is 48.7 Å². The molecule has 0 saturated carbocycles. The van der Waals surface area contributed by atoms with Gasteiger partial charge in [-0.2, -0.15) is 5.01 Å². The molecular formula is C13H9N3O2. The summed E-state index contributed by atoms with van der Waals surface area (Å²) in [5, 5.41) is 0.979. The first-order chi connectivity index (χ1) is 8.77. The van der Waals surface area contributed by atoms with Crippen LogP contribution in [0.15, 0.2) is 48.7 Å². The molecule has 5 nitrogen and oxygen atoms in total. The molecule has 0 radical (unpaired) electrons. The van der Waals surface area contributed by atoms with Gasteiger partial charge >= 0.3 is 0 Å². The molecule has 2 heterocycles. The van der Waals surface area contributed by atoms with Crippen LogP contribution in [0.3, 0.4) is 0 Å². The molecule has 0 spiro atoms. The van der Waals surface area contributed by atoms with E-state index in [1.807, 2.05) is 0 Å². The lowest BCUT2D eigenvalue weighted by Gasteiger charge is -2.15. The maximum Gasteiger partial charge on any atom is 0.280 e. The molecule has 0 unspecified atom stereocenters. The van der Waals surface area contributed by atoms with Crippen LogP contribution in [0.4, 0.5) is 5.82 Å². The van der Waals surface area contributed by atoms with Crippen molar-refractivity contribution in [2.24, 2.45) is 0 Å². The first-order valence-corrected chi connectivity index (χ1v) is 5.43. The van der Waals surface area contributed by atoms with Gasteiger partial charge in [-0.1, -0.05) is 18.2 Å². The Morgan fingerprint density at radius 3 is 2.06 bits per heavy atom. The first kappa shape index (κ1) is 10.5. The van der Waals surface area contributed by atoms with Gasteiger partial charge in [-0.3, -0.25) is 15.0 Å². The van der Waals surface area contributed by atoms with Crippen molar-refractivity contribution >= 4 is 17.6 Å². The topological polar surface area (TPSA) is 62.3 Å². The lowest BCUT2D eigenvalue weighted by atomic mass is 10.1. The number of nitrogens with one attached hydrogen (secondary N) is 1. The first-order valence-electron chi connectivity index (χ1n) is 5.43. The van der Waals surface area contributed by atoms with E-state index in [-0.39, 0.29) is 11.8 Å². The number of imide groups is 1. The van der Waals surface area contributed by atoms with Gasteiger partial charge in [-0.25, -0.2) is 4.98 Å². The van der Waals surface area contributed by atoms with E-state index >= 15 is 0 Å². The molecule has 2 aromatic rings. The summed E-state index contributed by atoms with van der Waals surface area (Å²) in [6.07, 6.45) is 1.58. The number of hydrogen-bond acceptors (Lipinski definition) is 4. The monoisotopic (exact) mass is 239 g/mol. The van der Waals surface area contributed by atoms with Gasteiger partial charge in [0.2, 0.25) is 0 Å². The Morgan fingerprint density at radius 1 is 0.889 bits per heavy atom. The second kappa shape index (κ2) is 3.96. The molecule has 18 heavy (non-hydrogen) atoms. The van der Waals surface area contributed by atoms with Crippen molar-refractivity contribution in [3.8, 4) is 0 Å². The van der Waals surface area contributed by atoms with Gasteiger partial charge in [-0.05, 0) is 24.3 Å². The summed E-state index contributed by atoms with van der Waals surface area (Å²) in [5.41, 5.74) is 3.53. The van der Waals surface area contributed by atoms with E-state index in [1.165, 1.54) is 0 Å². The Kier molecular flexibility index (Phi) is 2.30. The Balaban J connectivity index is 1.93. The third-order valence-corrected chi connectivity index (χ3v) is 2.69. The molecule has 5 heteroatoms. The second-order valence-electron chi connectivity index (χ2n) is 3.82. The molecule has 1 aromatic heterocycles.